The van der Waals surface area contributed by atoms with E-state index in [-0.39, 0.29) is 11.8 Å². The third kappa shape index (κ3) is 5.17. The molecule has 0 aliphatic heterocycles. The molecule has 3 aromatic carbocycles. The average Bonchev–Trinajstić information content (AvgIpc) is 2.71. The SMILES string of the molecule is Cc1cc(C)c(/C=N/NC(=O)c2ccc(NC(=O)c3ccccc3)cc2)c(C)c1. The molecule has 0 unspecified atom stereocenters. The summed E-state index contributed by atoms with van der Waals surface area (Å²) in [4.78, 5) is 24.5. The van der Waals surface area contributed by atoms with Gasteiger partial charge in [0, 0.05) is 22.4 Å². The Morgan fingerprint density at radius 1 is 0.793 bits per heavy atom. The number of nitrogens with one attached hydrogen (secondary N) is 2. The quantitative estimate of drug-likeness (QED) is 0.497. The number of hydrazone groups is 1. The first kappa shape index (κ1) is 20.0. The van der Waals surface area contributed by atoms with E-state index in [0.29, 0.717) is 16.8 Å². The Hall–Kier alpha value is -3.73. The zero-order valence-corrected chi connectivity index (χ0v) is 16.7. The fourth-order valence-electron chi connectivity index (χ4n) is 3.11. The number of nitrogens with zero attached hydrogens (tertiary/aromatic N) is 1. The van der Waals surface area contributed by atoms with Gasteiger partial charge in [0.15, 0.2) is 0 Å². The highest BCUT2D eigenvalue weighted by Gasteiger charge is 2.08. The second-order valence-corrected chi connectivity index (χ2v) is 6.91. The van der Waals surface area contributed by atoms with Gasteiger partial charge in [0.2, 0.25) is 0 Å². The smallest absolute Gasteiger partial charge is 0.271 e. The second kappa shape index (κ2) is 8.97. The lowest BCUT2D eigenvalue weighted by molar-refractivity contribution is 0.0954. The van der Waals surface area contributed by atoms with E-state index < -0.39 is 0 Å². The third-order valence-electron chi connectivity index (χ3n) is 4.54. The monoisotopic (exact) mass is 385 g/mol. The number of hydrogen-bond acceptors (Lipinski definition) is 3. The summed E-state index contributed by atoms with van der Waals surface area (Å²) < 4.78 is 0. The van der Waals surface area contributed by atoms with Gasteiger partial charge in [0.05, 0.1) is 6.21 Å². The Balaban J connectivity index is 1.61. The van der Waals surface area contributed by atoms with Crippen LogP contribution < -0.4 is 10.7 Å². The number of aryl methyl sites for hydroxylation is 3. The lowest BCUT2D eigenvalue weighted by atomic mass is 10.0. The molecule has 0 aliphatic carbocycles. The van der Waals surface area contributed by atoms with Gasteiger partial charge >= 0.3 is 0 Å². The lowest BCUT2D eigenvalue weighted by Gasteiger charge is -2.07. The molecule has 0 saturated heterocycles. The van der Waals surface area contributed by atoms with Crippen LogP contribution in [0.25, 0.3) is 0 Å². The number of carbonyl (C=O) groups excluding carboxylic acids is 2. The van der Waals surface area contributed by atoms with Gasteiger partial charge in [0.25, 0.3) is 11.8 Å². The summed E-state index contributed by atoms with van der Waals surface area (Å²) in [6.07, 6.45) is 1.66. The van der Waals surface area contributed by atoms with E-state index in [1.807, 2.05) is 32.0 Å². The highest BCUT2D eigenvalue weighted by atomic mass is 16.2. The van der Waals surface area contributed by atoms with E-state index in [2.05, 4.69) is 34.9 Å². The summed E-state index contributed by atoms with van der Waals surface area (Å²) in [5, 5.41) is 6.89. The average molecular weight is 385 g/mol. The molecule has 0 bridgehead atoms. The van der Waals surface area contributed by atoms with Crippen LogP contribution in [-0.2, 0) is 0 Å². The maximum Gasteiger partial charge on any atom is 0.271 e. The first-order chi connectivity index (χ1) is 13.9. The summed E-state index contributed by atoms with van der Waals surface area (Å²) >= 11 is 0. The molecule has 3 aromatic rings. The van der Waals surface area contributed by atoms with E-state index in [0.717, 1.165) is 16.7 Å². The number of amides is 2. The van der Waals surface area contributed by atoms with Crippen molar-refractivity contribution < 1.29 is 9.59 Å². The van der Waals surface area contributed by atoms with E-state index in [4.69, 9.17) is 0 Å². The van der Waals surface area contributed by atoms with Gasteiger partial charge in [-0.05, 0) is 68.3 Å². The summed E-state index contributed by atoms with van der Waals surface area (Å²) in [6, 6.07) is 19.8. The van der Waals surface area contributed by atoms with Gasteiger partial charge in [-0.25, -0.2) is 5.43 Å². The van der Waals surface area contributed by atoms with Crippen LogP contribution >= 0.6 is 0 Å². The van der Waals surface area contributed by atoms with Gasteiger partial charge < -0.3 is 5.32 Å². The van der Waals surface area contributed by atoms with Crippen molar-refractivity contribution in [3.05, 3.63) is 100 Å². The Morgan fingerprint density at radius 2 is 1.38 bits per heavy atom. The molecule has 146 valence electrons. The van der Waals surface area contributed by atoms with Gasteiger partial charge in [0.1, 0.15) is 0 Å². The molecule has 29 heavy (non-hydrogen) atoms. The molecule has 5 heteroatoms. The Morgan fingerprint density at radius 3 is 2.00 bits per heavy atom. The van der Waals surface area contributed by atoms with E-state index in [1.54, 1.807) is 42.6 Å². The predicted octanol–water partition coefficient (Wildman–Crippen LogP) is 4.63. The zero-order valence-electron chi connectivity index (χ0n) is 16.7. The molecule has 2 amide bonds. The first-order valence-corrected chi connectivity index (χ1v) is 9.32. The van der Waals surface area contributed by atoms with Crippen molar-refractivity contribution in [3.8, 4) is 0 Å². The Bertz CT molecular complexity index is 1030. The van der Waals surface area contributed by atoms with Gasteiger partial charge in [-0.3, -0.25) is 9.59 Å². The molecule has 0 aliphatic rings. The molecule has 3 rings (SSSR count). The standard InChI is InChI=1S/C24H23N3O2/c1-16-13-17(2)22(18(3)14-16)15-25-27-24(29)20-9-11-21(12-10-20)26-23(28)19-7-5-4-6-8-19/h4-15H,1-3H3,(H,26,28)(H,27,29)/b25-15+. The molecule has 5 nitrogen and oxygen atoms in total. The highest BCUT2D eigenvalue weighted by Crippen LogP contribution is 2.14. The molecule has 0 atom stereocenters. The van der Waals surface area contributed by atoms with Crippen molar-refractivity contribution >= 4 is 23.7 Å². The molecular formula is C24H23N3O2. The largest absolute Gasteiger partial charge is 0.322 e. The van der Waals surface area contributed by atoms with Crippen LogP contribution in [-0.4, -0.2) is 18.0 Å². The minimum absolute atomic E-state index is 0.198. The molecule has 0 heterocycles. The third-order valence-corrected chi connectivity index (χ3v) is 4.54. The first-order valence-electron chi connectivity index (χ1n) is 9.32. The maximum absolute atomic E-state index is 12.3. The normalized spacial score (nSPS) is 10.7. The molecule has 0 spiro atoms. The van der Waals surface area contributed by atoms with Crippen LogP contribution in [0.4, 0.5) is 5.69 Å². The number of hydrogen-bond donors (Lipinski definition) is 2. The van der Waals surface area contributed by atoms with Crippen molar-refractivity contribution in [1.82, 2.24) is 5.43 Å². The Labute approximate surface area is 170 Å². The van der Waals surface area contributed by atoms with Crippen molar-refractivity contribution in [3.63, 3.8) is 0 Å². The molecule has 0 radical (unpaired) electrons. The lowest BCUT2D eigenvalue weighted by Crippen LogP contribution is -2.18. The number of rotatable bonds is 5. The second-order valence-electron chi connectivity index (χ2n) is 6.91. The Kier molecular flexibility index (Phi) is 6.19. The van der Waals surface area contributed by atoms with E-state index in [9.17, 15) is 9.59 Å². The molecular weight excluding hydrogens is 362 g/mol. The van der Waals surface area contributed by atoms with Gasteiger partial charge in [-0.15, -0.1) is 0 Å². The summed E-state index contributed by atoms with van der Waals surface area (Å²) in [5.41, 5.74) is 8.60. The minimum Gasteiger partial charge on any atom is -0.322 e. The maximum atomic E-state index is 12.3. The molecule has 0 fully saturated rings. The summed E-state index contributed by atoms with van der Waals surface area (Å²) in [6.45, 7) is 6.09. The summed E-state index contributed by atoms with van der Waals surface area (Å²) in [7, 11) is 0. The molecule has 2 N–H and O–H groups in total. The highest BCUT2D eigenvalue weighted by molar-refractivity contribution is 6.04. The van der Waals surface area contributed by atoms with Crippen LogP contribution in [0.15, 0.2) is 71.8 Å². The predicted molar refractivity (Wildman–Crippen MR) is 117 cm³/mol. The number of benzene rings is 3. The molecule has 0 aromatic heterocycles. The van der Waals surface area contributed by atoms with Crippen LogP contribution in [0, 0.1) is 20.8 Å². The zero-order chi connectivity index (χ0) is 20.8. The number of anilines is 1. The van der Waals surface area contributed by atoms with Crippen molar-refractivity contribution in [1.29, 1.82) is 0 Å². The molecule has 0 saturated carbocycles. The van der Waals surface area contributed by atoms with Crippen LogP contribution in [0.5, 0.6) is 0 Å². The van der Waals surface area contributed by atoms with Crippen LogP contribution in [0.1, 0.15) is 43.0 Å². The fourth-order valence-corrected chi connectivity index (χ4v) is 3.11. The van der Waals surface area contributed by atoms with Gasteiger partial charge in [-0.2, -0.15) is 5.10 Å². The topological polar surface area (TPSA) is 70.6 Å². The van der Waals surface area contributed by atoms with E-state index >= 15 is 0 Å². The minimum atomic E-state index is -0.315. The van der Waals surface area contributed by atoms with Crippen LogP contribution in [0.2, 0.25) is 0 Å². The van der Waals surface area contributed by atoms with Crippen molar-refractivity contribution in [2.75, 3.05) is 5.32 Å². The fraction of sp³-hybridized carbons (Fsp3) is 0.125. The summed E-state index contributed by atoms with van der Waals surface area (Å²) in [5.74, 6) is -0.513. The van der Waals surface area contributed by atoms with E-state index in [1.165, 1.54) is 5.56 Å². The van der Waals surface area contributed by atoms with Gasteiger partial charge in [-0.1, -0.05) is 35.9 Å². The van der Waals surface area contributed by atoms with Crippen molar-refractivity contribution in [2.45, 2.75) is 20.8 Å². The van der Waals surface area contributed by atoms with Crippen molar-refractivity contribution in [2.24, 2.45) is 5.10 Å². The number of carbonyl (C=O) groups is 2. The van der Waals surface area contributed by atoms with Crippen LogP contribution in [0.3, 0.4) is 0 Å².